The van der Waals surface area contributed by atoms with Gasteiger partial charge >= 0.3 is 11.8 Å². The number of carbonyl (C=O) groups excluding carboxylic acids is 1. The Balaban J connectivity index is 1.71. The standard InChI is InChI=1S/C23H18N4O3/c1-17-12-14-19(15-13-17)21-25-27(23(29)30-21)22(28)26(20-10-6-3-7-11-20)24-16-18-8-4-2-5-9-18/h2-16H,1H3/b24-16+. The Hall–Kier alpha value is -4.26. The molecule has 4 rings (SSSR count). The minimum atomic E-state index is -0.883. The van der Waals surface area contributed by atoms with Crippen LogP contribution in [-0.4, -0.2) is 22.0 Å². The first-order valence-corrected chi connectivity index (χ1v) is 9.27. The van der Waals surface area contributed by atoms with Gasteiger partial charge in [0.25, 0.3) is 0 Å². The van der Waals surface area contributed by atoms with Gasteiger partial charge in [-0.05, 0) is 36.8 Å². The van der Waals surface area contributed by atoms with E-state index in [1.165, 1.54) is 6.21 Å². The summed E-state index contributed by atoms with van der Waals surface area (Å²) >= 11 is 0. The number of nitrogens with zero attached hydrogens (tertiary/aromatic N) is 4. The van der Waals surface area contributed by atoms with E-state index in [-0.39, 0.29) is 5.89 Å². The minimum absolute atomic E-state index is 0.0633. The molecule has 0 aliphatic heterocycles. The van der Waals surface area contributed by atoms with E-state index in [1.807, 2.05) is 55.5 Å². The molecule has 30 heavy (non-hydrogen) atoms. The summed E-state index contributed by atoms with van der Waals surface area (Å²) in [5, 5.41) is 9.48. The molecule has 7 nitrogen and oxygen atoms in total. The molecule has 0 N–H and O–H groups in total. The van der Waals surface area contributed by atoms with Crippen LogP contribution in [0, 0.1) is 6.92 Å². The van der Waals surface area contributed by atoms with Crippen molar-refractivity contribution in [1.82, 2.24) is 9.78 Å². The van der Waals surface area contributed by atoms with Crippen LogP contribution in [-0.2, 0) is 0 Å². The van der Waals surface area contributed by atoms with E-state index >= 15 is 0 Å². The number of amides is 1. The average molecular weight is 398 g/mol. The van der Waals surface area contributed by atoms with E-state index in [1.54, 1.807) is 36.4 Å². The van der Waals surface area contributed by atoms with Crippen molar-refractivity contribution < 1.29 is 9.21 Å². The number of hydrazone groups is 1. The Bertz CT molecular complexity index is 1230. The summed E-state index contributed by atoms with van der Waals surface area (Å²) in [5.41, 5.74) is 2.95. The first-order chi connectivity index (χ1) is 14.6. The highest BCUT2D eigenvalue weighted by molar-refractivity contribution is 5.94. The van der Waals surface area contributed by atoms with Crippen LogP contribution in [0.15, 0.2) is 99.2 Å². The molecule has 1 aromatic heterocycles. The monoisotopic (exact) mass is 398 g/mol. The van der Waals surface area contributed by atoms with Gasteiger partial charge in [0.05, 0.1) is 11.9 Å². The summed E-state index contributed by atoms with van der Waals surface area (Å²) in [6.07, 6.45) is 1.54. The van der Waals surface area contributed by atoms with E-state index in [4.69, 9.17) is 4.42 Å². The lowest BCUT2D eigenvalue weighted by Crippen LogP contribution is -2.36. The summed E-state index contributed by atoms with van der Waals surface area (Å²) in [5.74, 6) is -0.820. The number of hydrogen-bond donors (Lipinski definition) is 0. The Morgan fingerprint density at radius 2 is 1.60 bits per heavy atom. The molecule has 0 fully saturated rings. The van der Waals surface area contributed by atoms with Crippen LogP contribution in [0.2, 0.25) is 0 Å². The van der Waals surface area contributed by atoms with Crippen molar-refractivity contribution in [2.45, 2.75) is 6.92 Å². The molecule has 3 aromatic carbocycles. The minimum Gasteiger partial charge on any atom is -0.387 e. The van der Waals surface area contributed by atoms with Crippen LogP contribution in [0.3, 0.4) is 0 Å². The maximum atomic E-state index is 13.1. The average Bonchev–Trinajstić information content (AvgIpc) is 3.17. The van der Waals surface area contributed by atoms with E-state index in [9.17, 15) is 9.59 Å². The summed E-state index contributed by atoms with van der Waals surface area (Å²) in [4.78, 5) is 25.5. The van der Waals surface area contributed by atoms with Crippen LogP contribution < -0.4 is 10.8 Å². The Morgan fingerprint density at radius 3 is 2.27 bits per heavy atom. The van der Waals surface area contributed by atoms with Gasteiger partial charge in [-0.2, -0.15) is 10.1 Å². The van der Waals surface area contributed by atoms with Crippen LogP contribution in [0.1, 0.15) is 11.1 Å². The van der Waals surface area contributed by atoms with Gasteiger partial charge in [-0.3, -0.25) is 0 Å². The lowest BCUT2D eigenvalue weighted by molar-refractivity contribution is 0.243. The summed E-state index contributed by atoms with van der Waals surface area (Å²) < 4.78 is 5.88. The molecule has 4 aromatic rings. The lowest BCUT2D eigenvalue weighted by atomic mass is 10.1. The maximum absolute atomic E-state index is 13.1. The number of hydrogen-bond acceptors (Lipinski definition) is 5. The van der Waals surface area contributed by atoms with E-state index in [0.29, 0.717) is 15.9 Å². The number of aryl methyl sites for hydroxylation is 1. The zero-order valence-electron chi connectivity index (χ0n) is 16.2. The Morgan fingerprint density at radius 1 is 0.967 bits per heavy atom. The second-order valence-corrected chi connectivity index (χ2v) is 6.54. The van der Waals surface area contributed by atoms with Crippen molar-refractivity contribution >= 4 is 17.9 Å². The number of anilines is 1. The van der Waals surface area contributed by atoms with Crippen LogP contribution in [0.5, 0.6) is 0 Å². The van der Waals surface area contributed by atoms with Crippen molar-refractivity contribution in [1.29, 1.82) is 0 Å². The SMILES string of the molecule is Cc1ccc(-c2nn(C(=O)N(/N=C/c3ccccc3)c3ccccc3)c(=O)o2)cc1. The zero-order valence-corrected chi connectivity index (χ0v) is 16.2. The fourth-order valence-corrected chi connectivity index (χ4v) is 2.76. The van der Waals surface area contributed by atoms with Crippen LogP contribution >= 0.6 is 0 Å². The fraction of sp³-hybridized carbons (Fsp3) is 0.0435. The molecule has 0 bridgehead atoms. The highest BCUT2D eigenvalue weighted by atomic mass is 16.4. The van der Waals surface area contributed by atoms with Crippen molar-refractivity contribution in [2.24, 2.45) is 5.10 Å². The van der Waals surface area contributed by atoms with Gasteiger partial charge in [0.15, 0.2) is 0 Å². The van der Waals surface area contributed by atoms with Crippen molar-refractivity contribution in [3.63, 3.8) is 0 Å². The normalized spacial score (nSPS) is 11.0. The first-order valence-electron chi connectivity index (χ1n) is 9.27. The van der Waals surface area contributed by atoms with Crippen molar-refractivity contribution in [2.75, 3.05) is 5.01 Å². The number of carbonyl (C=O) groups is 1. The highest BCUT2D eigenvalue weighted by Crippen LogP contribution is 2.18. The Labute approximate surface area is 172 Å². The summed E-state index contributed by atoms with van der Waals surface area (Å²) in [6, 6.07) is 24.7. The molecule has 0 unspecified atom stereocenters. The van der Waals surface area contributed by atoms with Gasteiger partial charge in [-0.15, -0.1) is 9.78 Å². The second-order valence-electron chi connectivity index (χ2n) is 6.54. The quantitative estimate of drug-likeness (QED) is 0.379. The molecule has 1 amide bonds. The third-order valence-corrected chi connectivity index (χ3v) is 4.33. The topological polar surface area (TPSA) is 80.7 Å². The van der Waals surface area contributed by atoms with Gasteiger partial charge in [0, 0.05) is 5.56 Å². The number of rotatable bonds is 4. The molecule has 1 heterocycles. The van der Waals surface area contributed by atoms with Crippen LogP contribution in [0.25, 0.3) is 11.5 Å². The second kappa shape index (κ2) is 8.40. The maximum Gasteiger partial charge on any atom is 0.446 e. The predicted molar refractivity (Wildman–Crippen MR) is 115 cm³/mol. The first kappa shape index (κ1) is 19.1. The van der Waals surface area contributed by atoms with E-state index < -0.39 is 11.8 Å². The summed E-state index contributed by atoms with van der Waals surface area (Å²) in [6.45, 7) is 1.95. The van der Waals surface area contributed by atoms with E-state index in [0.717, 1.165) is 16.1 Å². The smallest absolute Gasteiger partial charge is 0.387 e. The third kappa shape index (κ3) is 4.10. The van der Waals surface area contributed by atoms with Gasteiger partial charge in [0.2, 0.25) is 5.89 Å². The number of benzene rings is 3. The molecule has 0 radical (unpaired) electrons. The van der Waals surface area contributed by atoms with Crippen LogP contribution in [0.4, 0.5) is 10.5 Å². The molecule has 0 aliphatic carbocycles. The summed E-state index contributed by atoms with van der Waals surface area (Å²) in [7, 11) is 0. The van der Waals surface area contributed by atoms with Crippen molar-refractivity contribution in [3.8, 4) is 11.5 Å². The van der Waals surface area contributed by atoms with Gasteiger partial charge in [-0.1, -0.05) is 66.2 Å². The number of para-hydroxylation sites is 1. The fourth-order valence-electron chi connectivity index (χ4n) is 2.76. The molecule has 0 atom stereocenters. The number of aromatic nitrogens is 2. The predicted octanol–water partition coefficient (Wildman–Crippen LogP) is 4.32. The zero-order chi connectivity index (χ0) is 20.9. The molecule has 0 aliphatic rings. The molecule has 0 saturated carbocycles. The van der Waals surface area contributed by atoms with E-state index in [2.05, 4.69) is 10.2 Å². The molecule has 148 valence electrons. The molecule has 0 spiro atoms. The van der Waals surface area contributed by atoms with Gasteiger partial charge in [0.1, 0.15) is 0 Å². The van der Waals surface area contributed by atoms with Gasteiger partial charge in [-0.25, -0.2) is 9.59 Å². The van der Waals surface area contributed by atoms with Gasteiger partial charge < -0.3 is 4.42 Å². The molecular weight excluding hydrogens is 380 g/mol. The van der Waals surface area contributed by atoms with Crippen molar-refractivity contribution in [3.05, 3.63) is 107 Å². The third-order valence-electron chi connectivity index (χ3n) is 4.33. The molecular formula is C23H18N4O3. The lowest BCUT2D eigenvalue weighted by Gasteiger charge is -2.15. The highest BCUT2D eigenvalue weighted by Gasteiger charge is 2.23. The molecule has 0 saturated heterocycles. The largest absolute Gasteiger partial charge is 0.446 e. The molecule has 7 heteroatoms. The Kier molecular flexibility index (Phi) is 5.34.